The van der Waals surface area contributed by atoms with E-state index in [9.17, 15) is 23.1 Å². The number of benzene rings is 1. The van der Waals surface area contributed by atoms with E-state index in [0.29, 0.717) is 11.3 Å². The van der Waals surface area contributed by atoms with Gasteiger partial charge in [0.2, 0.25) is 21.3 Å². The van der Waals surface area contributed by atoms with E-state index in [-0.39, 0.29) is 22.9 Å². The van der Waals surface area contributed by atoms with Crippen LogP contribution >= 0.6 is 0 Å². The highest BCUT2D eigenvalue weighted by Gasteiger charge is 2.23. The Hall–Kier alpha value is -3.56. The molecule has 0 bridgehead atoms. The van der Waals surface area contributed by atoms with Gasteiger partial charge in [-0.1, -0.05) is 11.8 Å². The van der Waals surface area contributed by atoms with Crippen LogP contribution in [-0.2, 0) is 30.5 Å². The molecule has 1 aliphatic rings. The Morgan fingerprint density at radius 1 is 1.17 bits per heavy atom. The van der Waals surface area contributed by atoms with Crippen molar-refractivity contribution in [1.29, 1.82) is 0 Å². The number of nitrogens with zero attached hydrogens (tertiary/aromatic N) is 4. The van der Waals surface area contributed by atoms with Gasteiger partial charge in [-0.25, -0.2) is 13.2 Å². The Balaban J connectivity index is 1.80. The summed E-state index contributed by atoms with van der Waals surface area (Å²) in [6.07, 6.45) is 0.114. The molecule has 0 saturated carbocycles. The number of anilines is 2. The summed E-state index contributed by atoms with van der Waals surface area (Å²) in [7, 11) is -0.988. The van der Waals surface area contributed by atoms with Crippen molar-refractivity contribution in [2.45, 2.75) is 18.1 Å². The topological polar surface area (TPSA) is 140 Å². The fraction of sp³-hybridized carbons (Fsp3) is 0.278. The van der Waals surface area contributed by atoms with Crippen LogP contribution in [0, 0.1) is 11.8 Å². The molecular formula is C18H18N6O5S. The number of aromatic nitrogens is 4. The van der Waals surface area contributed by atoms with E-state index in [1.54, 1.807) is 18.2 Å². The van der Waals surface area contributed by atoms with E-state index in [0.717, 1.165) is 21.1 Å². The molecule has 156 valence electrons. The molecule has 0 aliphatic carbocycles. The van der Waals surface area contributed by atoms with Crippen molar-refractivity contribution in [2.75, 3.05) is 16.9 Å². The van der Waals surface area contributed by atoms with Crippen molar-refractivity contribution < 1.29 is 13.5 Å². The van der Waals surface area contributed by atoms with Crippen molar-refractivity contribution in [1.82, 2.24) is 18.7 Å². The first-order chi connectivity index (χ1) is 14.1. The van der Waals surface area contributed by atoms with Gasteiger partial charge in [0.1, 0.15) is 0 Å². The number of hydrogen-bond donors (Lipinski definition) is 3. The van der Waals surface area contributed by atoms with Gasteiger partial charge in [-0.3, -0.25) is 13.9 Å². The van der Waals surface area contributed by atoms with Crippen molar-refractivity contribution in [3.05, 3.63) is 44.6 Å². The van der Waals surface area contributed by atoms with Crippen LogP contribution in [0.5, 0.6) is 0 Å². The summed E-state index contributed by atoms with van der Waals surface area (Å²) in [5.41, 5.74) is 0.751. The van der Waals surface area contributed by atoms with Crippen LogP contribution in [0.3, 0.4) is 0 Å². The van der Waals surface area contributed by atoms with Crippen LogP contribution in [-0.4, -0.2) is 44.8 Å². The maximum Gasteiger partial charge on any atom is 0.333 e. The lowest BCUT2D eigenvalue weighted by atomic mass is 10.2. The first kappa shape index (κ1) is 19.7. The fourth-order valence-corrected chi connectivity index (χ4v) is 4.14. The lowest BCUT2D eigenvalue weighted by Crippen LogP contribution is -2.38. The predicted molar refractivity (Wildman–Crippen MR) is 110 cm³/mol. The third kappa shape index (κ3) is 3.14. The van der Waals surface area contributed by atoms with E-state index in [4.69, 9.17) is 0 Å². The molecule has 12 heteroatoms. The van der Waals surface area contributed by atoms with Gasteiger partial charge in [0, 0.05) is 25.9 Å². The molecule has 1 aromatic carbocycles. The molecule has 3 N–H and O–H groups in total. The summed E-state index contributed by atoms with van der Waals surface area (Å²) >= 11 is 0. The number of aryl methyl sites for hydroxylation is 1. The van der Waals surface area contributed by atoms with E-state index in [1.807, 2.05) is 0 Å². The van der Waals surface area contributed by atoms with Crippen LogP contribution in [0.4, 0.5) is 11.4 Å². The highest BCUT2D eigenvalue weighted by atomic mass is 32.2. The van der Waals surface area contributed by atoms with Gasteiger partial charge < -0.3 is 20.3 Å². The molecule has 2 aromatic heterocycles. The minimum Gasteiger partial charge on any atom is -0.357 e. The van der Waals surface area contributed by atoms with E-state index in [1.165, 1.54) is 18.7 Å². The smallest absolute Gasteiger partial charge is 0.333 e. The van der Waals surface area contributed by atoms with Crippen LogP contribution in [0.2, 0.25) is 0 Å². The molecule has 3 aromatic rings. The minimum atomic E-state index is -3.71. The maximum atomic E-state index is 12.6. The molecule has 11 nitrogen and oxygen atoms in total. The average molecular weight is 430 g/mol. The van der Waals surface area contributed by atoms with Crippen molar-refractivity contribution in [2.24, 2.45) is 14.1 Å². The number of rotatable bonds is 2. The molecule has 30 heavy (non-hydrogen) atoms. The number of hydrogen-bond acceptors (Lipinski definition) is 8. The fourth-order valence-electron chi connectivity index (χ4n) is 3.30. The van der Waals surface area contributed by atoms with Gasteiger partial charge in [-0.2, -0.15) is 4.98 Å². The molecule has 0 saturated heterocycles. The van der Waals surface area contributed by atoms with Crippen molar-refractivity contribution >= 4 is 32.4 Å². The molecule has 1 aliphatic heterocycles. The second kappa shape index (κ2) is 6.75. The number of imidazole rings is 1. The highest BCUT2D eigenvalue weighted by Crippen LogP contribution is 2.28. The first-order valence-corrected chi connectivity index (χ1v) is 10.7. The molecule has 1 atom stereocenters. The van der Waals surface area contributed by atoms with E-state index < -0.39 is 27.4 Å². The number of nitrogens with one attached hydrogen (secondary N) is 2. The van der Waals surface area contributed by atoms with E-state index >= 15 is 0 Å². The standard InChI is InChI=1S/C18H18N6O5S/c1-22-13-14(21-17(22)30(3,28)29)24(18(27)23(2)15(13)25)8-4-5-10-6-7-11-12(9-10)20-16(26)19-11/h6-7,9,16,19-20,26H,8H2,1-3H3. The molecule has 0 fully saturated rings. The largest absolute Gasteiger partial charge is 0.357 e. The summed E-state index contributed by atoms with van der Waals surface area (Å²) < 4.78 is 27.2. The van der Waals surface area contributed by atoms with Gasteiger partial charge in [0.15, 0.2) is 11.2 Å². The normalized spacial score (nSPS) is 15.3. The third-order valence-electron chi connectivity index (χ3n) is 4.72. The second-order valence-electron chi connectivity index (χ2n) is 6.88. The van der Waals surface area contributed by atoms with Gasteiger partial charge >= 0.3 is 5.69 Å². The molecule has 0 amide bonds. The molecule has 4 rings (SSSR count). The van der Waals surface area contributed by atoms with Gasteiger partial charge in [-0.05, 0) is 18.2 Å². The summed E-state index contributed by atoms with van der Waals surface area (Å²) in [4.78, 5) is 29.2. The number of fused-ring (bicyclic) bond motifs is 2. The van der Waals surface area contributed by atoms with Crippen LogP contribution in [0.25, 0.3) is 11.2 Å². The Morgan fingerprint density at radius 2 is 1.87 bits per heavy atom. The third-order valence-corrected chi connectivity index (χ3v) is 5.75. The zero-order valence-electron chi connectivity index (χ0n) is 16.3. The molecule has 0 radical (unpaired) electrons. The minimum absolute atomic E-state index is 0.00103. The number of aliphatic hydroxyl groups is 1. The molecule has 1 unspecified atom stereocenters. The quantitative estimate of drug-likeness (QED) is 0.440. The van der Waals surface area contributed by atoms with Crippen LogP contribution in [0.1, 0.15) is 5.56 Å². The lowest BCUT2D eigenvalue weighted by Gasteiger charge is -2.05. The Kier molecular flexibility index (Phi) is 4.44. The average Bonchev–Trinajstić information content (AvgIpc) is 3.21. The Bertz CT molecular complexity index is 1490. The van der Waals surface area contributed by atoms with Gasteiger partial charge in [-0.15, -0.1) is 0 Å². The first-order valence-electron chi connectivity index (χ1n) is 8.78. The van der Waals surface area contributed by atoms with Gasteiger partial charge in [0.05, 0.1) is 17.9 Å². The molecule has 0 spiro atoms. The Labute approximate surface area is 170 Å². The monoisotopic (exact) mass is 430 g/mol. The predicted octanol–water partition coefficient (Wildman–Crippen LogP) is -0.998. The lowest BCUT2D eigenvalue weighted by molar-refractivity contribution is 0.238. The van der Waals surface area contributed by atoms with Crippen LogP contribution < -0.4 is 21.9 Å². The number of sulfone groups is 1. The summed E-state index contributed by atoms with van der Waals surface area (Å²) in [6.45, 7) is -0.102. The zero-order chi connectivity index (χ0) is 21.8. The molecule has 3 heterocycles. The Morgan fingerprint density at radius 3 is 2.57 bits per heavy atom. The second-order valence-corrected chi connectivity index (χ2v) is 8.79. The maximum absolute atomic E-state index is 12.6. The van der Waals surface area contributed by atoms with E-state index in [2.05, 4.69) is 27.5 Å². The summed E-state index contributed by atoms with van der Waals surface area (Å²) in [5, 5.41) is 14.9. The summed E-state index contributed by atoms with van der Waals surface area (Å²) in [5.74, 6) is 5.77. The summed E-state index contributed by atoms with van der Waals surface area (Å²) in [6, 6.07) is 5.25. The van der Waals surface area contributed by atoms with Crippen LogP contribution in [0.15, 0.2) is 32.9 Å². The van der Waals surface area contributed by atoms with Crippen molar-refractivity contribution in [3.63, 3.8) is 0 Å². The van der Waals surface area contributed by atoms with Crippen molar-refractivity contribution in [3.8, 4) is 11.8 Å². The van der Waals surface area contributed by atoms with Gasteiger partial charge in [0.25, 0.3) is 5.56 Å². The number of aliphatic hydroxyl groups excluding tert-OH is 1. The SMILES string of the molecule is Cn1c(=O)c2c(nc(S(C)(=O)=O)n2C)n(CC#Cc2ccc3c(c2)NC(O)N3)c1=O. The molecular weight excluding hydrogens is 412 g/mol. The zero-order valence-corrected chi connectivity index (χ0v) is 17.1. The highest BCUT2D eigenvalue weighted by molar-refractivity contribution is 7.90.